The summed E-state index contributed by atoms with van der Waals surface area (Å²) >= 11 is 1.51. The van der Waals surface area contributed by atoms with Crippen molar-refractivity contribution in [1.82, 2.24) is 0 Å². The van der Waals surface area contributed by atoms with Gasteiger partial charge in [0, 0.05) is 11.7 Å². The van der Waals surface area contributed by atoms with Crippen molar-refractivity contribution in [3.63, 3.8) is 0 Å². The van der Waals surface area contributed by atoms with Crippen LogP contribution < -0.4 is 5.73 Å². The molecule has 0 radical (unpaired) electrons. The van der Waals surface area contributed by atoms with Crippen LogP contribution in [0.25, 0.3) is 0 Å². The van der Waals surface area contributed by atoms with Gasteiger partial charge in [-0.3, -0.25) is 0 Å². The van der Waals surface area contributed by atoms with Crippen LogP contribution >= 0.6 is 11.8 Å². The van der Waals surface area contributed by atoms with E-state index in [1.807, 2.05) is 6.92 Å². The van der Waals surface area contributed by atoms with E-state index in [-0.39, 0.29) is 5.92 Å². The van der Waals surface area contributed by atoms with E-state index in [0.717, 1.165) is 18.6 Å². The van der Waals surface area contributed by atoms with Crippen molar-refractivity contribution in [1.29, 1.82) is 10.5 Å². The van der Waals surface area contributed by atoms with E-state index in [1.54, 1.807) is 0 Å². The van der Waals surface area contributed by atoms with Gasteiger partial charge in [0.05, 0.1) is 18.7 Å². The number of rotatable bonds is 2. The number of nitrogens with two attached hydrogens (primary N) is 1. The fourth-order valence-corrected chi connectivity index (χ4v) is 4.96. The third-order valence-corrected chi connectivity index (χ3v) is 5.66. The van der Waals surface area contributed by atoms with Gasteiger partial charge in [0.2, 0.25) is 5.06 Å². The average Bonchev–Trinajstić information content (AvgIpc) is 2.65. The molecule has 0 unspecified atom stereocenters. The number of hydrogen-bond donors (Lipinski definition) is 1. The second kappa shape index (κ2) is 3.40. The van der Waals surface area contributed by atoms with Crippen LogP contribution in [0.3, 0.4) is 0 Å². The van der Waals surface area contributed by atoms with Crippen molar-refractivity contribution in [3.8, 4) is 12.1 Å². The van der Waals surface area contributed by atoms with Gasteiger partial charge in [-0.2, -0.15) is 10.5 Å². The molecular formula is C12H14N4OS. The fourth-order valence-electron chi connectivity index (χ4n) is 3.61. The maximum Gasteiger partial charge on any atom is 0.230 e. The molecule has 2 aliphatic heterocycles. The van der Waals surface area contributed by atoms with Crippen LogP contribution in [0.4, 0.5) is 0 Å². The van der Waals surface area contributed by atoms with E-state index in [9.17, 15) is 10.5 Å². The Hall–Kier alpha value is -1.24. The van der Waals surface area contributed by atoms with Crippen molar-refractivity contribution in [2.75, 3.05) is 12.4 Å². The Kier molecular flexibility index (Phi) is 2.24. The first-order chi connectivity index (χ1) is 8.65. The van der Waals surface area contributed by atoms with E-state index >= 15 is 0 Å². The van der Waals surface area contributed by atoms with Gasteiger partial charge in [0.15, 0.2) is 0 Å². The zero-order chi connectivity index (χ0) is 13.0. The zero-order valence-corrected chi connectivity index (χ0v) is 11.0. The molecule has 3 aliphatic rings. The van der Waals surface area contributed by atoms with Gasteiger partial charge >= 0.3 is 0 Å². The number of nitriles is 2. The third-order valence-electron chi connectivity index (χ3n) is 4.36. The van der Waals surface area contributed by atoms with E-state index in [1.165, 1.54) is 11.8 Å². The van der Waals surface area contributed by atoms with E-state index in [0.29, 0.717) is 12.4 Å². The summed E-state index contributed by atoms with van der Waals surface area (Å²) in [6.45, 7) is 2.61. The van der Waals surface area contributed by atoms with Crippen LogP contribution in [-0.2, 0) is 4.74 Å². The summed E-state index contributed by atoms with van der Waals surface area (Å²) in [6, 6.07) is 4.61. The van der Waals surface area contributed by atoms with Gasteiger partial charge in [-0.15, -0.1) is 0 Å². The smallest absolute Gasteiger partial charge is 0.230 e. The number of amidine groups is 1. The van der Waals surface area contributed by atoms with Crippen LogP contribution in [0.1, 0.15) is 19.8 Å². The van der Waals surface area contributed by atoms with Gasteiger partial charge in [0.1, 0.15) is 16.7 Å². The molecule has 4 atom stereocenters. The molecule has 3 rings (SSSR count). The molecule has 2 N–H and O–H groups in total. The first-order valence-corrected chi connectivity index (χ1v) is 7.10. The number of ether oxygens (including phenoxy) is 1. The molecule has 2 heterocycles. The van der Waals surface area contributed by atoms with Gasteiger partial charge in [-0.05, 0) is 6.42 Å². The Labute approximate surface area is 110 Å². The monoisotopic (exact) mass is 262 g/mol. The predicted molar refractivity (Wildman–Crippen MR) is 67.3 cm³/mol. The second-order valence-electron chi connectivity index (χ2n) is 4.96. The normalized spacial score (nSPS) is 48.4. The Balaban J connectivity index is 2.14. The van der Waals surface area contributed by atoms with Crippen molar-refractivity contribution >= 4 is 17.6 Å². The van der Waals surface area contributed by atoms with Gasteiger partial charge in [-0.1, -0.05) is 25.1 Å². The lowest BCUT2D eigenvalue weighted by atomic mass is 9.95. The SMILES string of the molecule is CCC[C@H]1[C@@]2(C#N)[C@@]3(N=C(N)[C@@]12C#N)OCCS3. The Morgan fingerprint density at radius 3 is 2.83 bits per heavy atom. The lowest BCUT2D eigenvalue weighted by molar-refractivity contribution is 0.0164. The molecule has 6 heteroatoms. The topological polar surface area (TPSA) is 95.2 Å². The molecule has 0 bridgehead atoms. The van der Waals surface area contributed by atoms with Crippen molar-refractivity contribution in [2.45, 2.75) is 24.8 Å². The first kappa shape index (κ1) is 11.8. The molecule has 1 saturated carbocycles. The highest BCUT2D eigenvalue weighted by Crippen LogP contribution is 2.81. The largest absolute Gasteiger partial charge is 0.386 e. The summed E-state index contributed by atoms with van der Waals surface area (Å²) in [5.74, 6) is 1.04. The zero-order valence-electron chi connectivity index (χ0n) is 10.1. The van der Waals surface area contributed by atoms with Crippen molar-refractivity contribution in [2.24, 2.45) is 27.5 Å². The summed E-state index contributed by atoms with van der Waals surface area (Å²) < 4.78 is 5.75. The molecule has 0 amide bonds. The maximum atomic E-state index is 9.68. The Morgan fingerprint density at radius 1 is 1.56 bits per heavy atom. The minimum absolute atomic E-state index is 0.0481. The Morgan fingerprint density at radius 2 is 2.33 bits per heavy atom. The van der Waals surface area contributed by atoms with Crippen molar-refractivity contribution in [3.05, 3.63) is 0 Å². The minimum Gasteiger partial charge on any atom is -0.386 e. The predicted octanol–water partition coefficient (Wildman–Crippen LogP) is 1.22. The standard InChI is InChI=1S/C12H14N4OS/c1-2-3-8-10(6-13)9(15)16-12(11(8,10)7-14)17-4-5-18-12/h8H,2-5H2,1H3,(H2,15,16)/t8-,10-,11-,12-/m1/s1. The lowest BCUT2D eigenvalue weighted by Gasteiger charge is -2.25. The van der Waals surface area contributed by atoms with Crippen LogP contribution in [0.2, 0.25) is 0 Å². The second-order valence-corrected chi connectivity index (χ2v) is 6.21. The summed E-state index contributed by atoms with van der Waals surface area (Å²) in [7, 11) is 0. The van der Waals surface area contributed by atoms with E-state index in [2.05, 4.69) is 17.1 Å². The average molecular weight is 262 g/mol. The summed E-state index contributed by atoms with van der Waals surface area (Å²) in [6.07, 6.45) is 1.73. The van der Waals surface area contributed by atoms with Gasteiger partial charge in [-0.25, -0.2) is 4.99 Å². The third kappa shape index (κ3) is 0.899. The molecule has 1 spiro atoms. The van der Waals surface area contributed by atoms with Gasteiger partial charge in [0.25, 0.3) is 0 Å². The van der Waals surface area contributed by atoms with Crippen LogP contribution in [0.5, 0.6) is 0 Å². The number of thioether (sulfide) groups is 1. The fraction of sp³-hybridized carbons (Fsp3) is 0.750. The number of fused-ring (bicyclic) bond motifs is 2. The highest BCUT2D eigenvalue weighted by Gasteiger charge is 2.92. The minimum atomic E-state index is -0.929. The molecule has 0 aromatic heterocycles. The molecular weight excluding hydrogens is 248 g/mol. The van der Waals surface area contributed by atoms with Crippen LogP contribution in [0.15, 0.2) is 4.99 Å². The number of aliphatic imine (C=N–C) groups is 1. The van der Waals surface area contributed by atoms with E-state index in [4.69, 9.17) is 10.5 Å². The number of hydrogen-bond acceptors (Lipinski definition) is 6. The van der Waals surface area contributed by atoms with Crippen molar-refractivity contribution < 1.29 is 4.74 Å². The molecule has 1 aliphatic carbocycles. The quantitative estimate of drug-likeness (QED) is 0.807. The van der Waals surface area contributed by atoms with Crippen LogP contribution in [0, 0.1) is 39.4 Å². The maximum absolute atomic E-state index is 9.68. The number of nitrogens with zero attached hydrogens (tertiary/aromatic N) is 3. The highest BCUT2D eigenvalue weighted by atomic mass is 32.2. The summed E-state index contributed by atoms with van der Waals surface area (Å²) in [5, 5.41) is 18.3. The highest BCUT2D eigenvalue weighted by molar-refractivity contribution is 8.00. The molecule has 5 nitrogen and oxygen atoms in total. The lowest BCUT2D eigenvalue weighted by Crippen LogP contribution is -2.34. The molecule has 1 saturated heterocycles. The van der Waals surface area contributed by atoms with Crippen LogP contribution in [-0.4, -0.2) is 23.3 Å². The molecule has 0 aromatic rings. The summed E-state index contributed by atoms with van der Waals surface area (Å²) in [5.41, 5.74) is 4.18. The molecule has 94 valence electrons. The summed E-state index contributed by atoms with van der Waals surface area (Å²) in [4.78, 5) is 4.36. The van der Waals surface area contributed by atoms with E-state index < -0.39 is 15.9 Å². The molecule has 18 heavy (non-hydrogen) atoms. The van der Waals surface area contributed by atoms with Gasteiger partial charge < -0.3 is 10.5 Å². The first-order valence-electron chi connectivity index (χ1n) is 6.11. The molecule has 2 fully saturated rings. The Bertz CT molecular complexity index is 513. The molecule has 0 aromatic carbocycles.